The SMILES string of the molecule is CCOC(=O)C1(C(=O)OCC)N[C@@H](c2ccc(Br)cc2)N(c2ccc(OC(C)(C)C)cc2)[C@H]1c1ccc(Br)cc1. The number of anilines is 1. The minimum absolute atomic E-state index is 0.108. The van der Waals surface area contributed by atoms with Gasteiger partial charge in [-0.15, -0.1) is 0 Å². The van der Waals surface area contributed by atoms with E-state index in [1.165, 1.54) is 0 Å². The summed E-state index contributed by atoms with van der Waals surface area (Å²) in [5.74, 6) is -0.678. The van der Waals surface area contributed by atoms with E-state index in [2.05, 4.69) is 37.2 Å². The molecule has 7 nitrogen and oxygen atoms in total. The van der Waals surface area contributed by atoms with E-state index in [9.17, 15) is 9.59 Å². The Morgan fingerprint density at radius 1 is 0.800 bits per heavy atom. The number of ether oxygens (including phenoxy) is 3. The number of halogens is 2. The lowest BCUT2D eigenvalue weighted by molar-refractivity contribution is -0.166. The van der Waals surface area contributed by atoms with Crippen molar-refractivity contribution >= 4 is 49.5 Å². The van der Waals surface area contributed by atoms with E-state index in [0.29, 0.717) is 5.75 Å². The first-order valence-electron chi connectivity index (χ1n) is 13.2. The Kier molecular flexibility index (Phi) is 9.27. The molecule has 4 rings (SSSR count). The van der Waals surface area contributed by atoms with Crippen molar-refractivity contribution in [1.29, 1.82) is 0 Å². The van der Waals surface area contributed by atoms with Gasteiger partial charge in [0.05, 0.1) is 19.3 Å². The van der Waals surface area contributed by atoms with E-state index in [1.807, 2.05) is 98.5 Å². The first kappa shape index (κ1) is 30.1. The van der Waals surface area contributed by atoms with Gasteiger partial charge in [-0.2, -0.15) is 0 Å². The second kappa shape index (κ2) is 12.3. The lowest BCUT2D eigenvalue weighted by Gasteiger charge is -2.35. The molecule has 1 heterocycles. The van der Waals surface area contributed by atoms with Crippen molar-refractivity contribution in [1.82, 2.24) is 5.32 Å². The summed E-state index contributed by atoms with van der Waals surface area (Å²) in [4.78, 5) is 29.9. The molecule has 0 bridgehead atoms. The number of nitrogens with one attached hydrogen (secondary N) is 1. The zero-order chi connectivity index (χ0) is 29.1. The van der Waals surface area contributed by atoms with Gasteiger partial charge in [0, 0.05) is 14.6 Å². The molecule has 0 spiro atoms. The van der Waals surface area contributed by atoms with E-state index in [4.69, 9.17) is 14.2 Å². The van der Waals surface area contributed by atoms with Gasteiger partial charge in [-0.3, -0.25) is 5.32 Å². The smallest absolute Gasteiger partial charge is 0.340 e. The molecule has 1 aliphatic rings. The number of carbonyl (C=O) groups is 2. The number of rotatable bonds is 8. The summed E-state index contributed by atoms with van der Waals surface area (Å²) in [6, 6.07) is 22.2. The quantitative estimate of drug-likeness (QED) is 0.202. The molecule has 212 valence electrons. The second-order valence-electron chi connectivity index (χ2n) is 10.4. The third-order valence-corrected chi connectivity index (χ3v) is 7.51. The minimum Gasteiger partial charge on any atom is -0.488 e. The molecule has 0 saturated carbocycles. The highest BCUT2D eigenvalue weighted by molar-refractivity contribution is 9.10. The number of benzene rings is 3. The first-order valence-corrected chi connectivity index (χ1v) is 14.8. The van der Waals surface area contributed by atoms with Gasteiger partial charge >= 0.3 is 11.9 Å². The summed E-state index contributed by atoms with van der Waals surface area (Å²) < 4.78 is 19.0. The average molecular weight is 674 g/mol. The molecule has 9 heteroatoms. The standard InChI is InChI=1S/C31H34Br2N2O5/c1-6-38-28(36)31(29(37)39-7-2)26(20-8-12-22(32)13-9-20)35(27(34-31)21-10-14-23(33)15-11-21)24-16-18-25(19-17-24)40-30(3,4)5/h8-19,26-27,34H,6-7H2,1-5H3/t26-,27+/m0/s1. The molecular weight excluding hydrogens is 640 g/mol. The van der Waals surface area contributed by atoms with Crippen LogP contribution in [-0.2, 0) is 19.1 Å². The lowest BCUT2D eigenvalue weighted by Crippen LogP contribution is -2.60. The highest BCUT2D eigenvalue weighted by Crippen LogP contribution is 2.49. The van der Waals surface area contributed by atoms with Gasteiger partial charge in [-0.25, -0.2) is 9.59 Å². The third-order valence-electron chi connectivity index (χ3n) is 6.46. The molecule has 0 aliphatic carbocycles. The first-order chi connectivity index (χ1) is 19.0. The Hall–Kier alpha value is -2.88. The summed E-state index contributed by atoms with van der Waals surface area (Å²) in [6.45, 7) is 9.63. The summed E-state index contributed by atoms with van der Waals surface area (Å²) in [6.07, 6.45) is -0.579. The summed E-state index contributed by atoms with van der Waals surface area (Å²) in [5.41, 5.74) is 0.171. The zero-order valence-electron chi connectivity index (χ0n) is 23.2. The highest BCUT2D eigenvalue weighted by Gasteiger charge is 2.64. The average Bonchev–Trinajstić information content (AvgIpc) is 3.27. The van der Waals surface area contributed by atoms with Crippen molar-refractivity contribution in [2.75, 3.05) is 18.1 Å². The molecule has 1 saturated heterocycles. The van der Waals surface area contributed by atoms with Crippen LogP contribution in [0.4, 0.5) is 5.69 Å². The van der Waals surface area contributed by atoms with Crippen molar-refractivity contribution in [3.8, 4) is 5.75 Å². The maximum absolute atomic E-state index is 13.9. The molecule has 0 amide bonds. The highest BCUT2D eigenvalue weighted by atomic mass is 79.9. The van der Waals surface area contributed by atoms with Crippen molar-refractivity contribution in [3.05, 3.63) is 92.9 Å². The molecule has 1 N–H and O–H groups in total. The van der Waals surface area contributed by atoms with Crippen LogP contribution in [0.3, 0.4) is 0 Å². The fourth-order valence-electron chi connectivity index (χ4n) is 4.92. The fraction of sp³-hybridized carbons (Fsp3) is 0.355. The van der Waals surface area contributed by atoms with Gasteiger partial charge in [0.2, 0.25) is 5.54 Å². The van der Waals surface area contributed by atoms with Crippen LogP contribution in [0, 0.1) is 0 Å². The van der Waals surface area contributed by atoms with Crippen molar-refractivity contribution < 1.29 is 23.8 Å². The Morgan fingerprint density at radius 3 is 1.73 bits per heavy atom. The Bertz CT molecular complexity index is 1300. The number of nitrogens with zero attached hydrogens (tertiary/aromatic N) is 1. The van der Waals surface area contributed by atoms with E-state index in [-0.39, 0.29) is 18.8 Å². The summed E-state index contributed by atoms with van der Waals surface area (Å²) >= 11 is 7.02. The summed E-state index contributed by atoms with van der Waals surface area (Å²) in [7, 11) is 0. The predicted octanol–water partition coefficient (Wildman–Crippen LogP) is 7.10. The van der Waals surface area contributed by atoms with E-state index in [0.717, 1.165) is 25.8 Å². The Balaban J connectivity index is 1.97. The van der Waals surface area contributed by atoms with Crippen molar-refractivity contribution in [3.63, 3.8) is 0 Å². The molecule has 3 aromatic carbocycles. The molecule has 1 fully saturated rings. The van der Waals surface area contributed by atoms with Gasteiger partial charge < -0.3 is 19.1 Å². The van der Waals surface area contributed by atoms with E-state index >= 15 is 0 Å². The van der Waals surface area contributed by atoms with Crippen LogP contribution in [-0.4, -0.2) is 36.3 Å². The lowest BCUT2D eigenvalue weighted by atomic mass is 9.85. The Morgan fingerprint density at radius 2 is 1.27 bits per heavy atom. The molecule has 0 radical (unpaired) electrons. The monoisotopic (exact) mass is 672 g/mol. The number of hydrogen-bond acceptors (Lipinski definition) is 7. The maximum Gasteiger partial charge on any atom is 0.340 e. The van der Waals surface area contributed by atoms with Gasteiger partial charge in [0.25, 0.3) is 0 Å². The zero-order valence-corrected chi connectivity index (χ0v) is 26.4. The minimum atomic E-state index is -1.85. The number of carbonyl (C=O) groups excluding carboxylic acids is 2. The van der Waals surface area contributed by atoms with Gasteiger partial charge in [0.15, 0.2) is 0 Å². The molecule has 3 aromatic rings. The molecular formula is C31H34Br2N2O5. The molecule has 0 unspecified atom stereocenters. The largest absolute Gasteiger partial charge is 0.488 e. The number of hydrogen-bond donors (Lipinski definition) is 1. The van der Waals surface area contributed by atoms with Gasteiger partial charge in [-0.1, -0.05) is 56.1 Å². The van der Waals surface area contributed by atoms with E-state index in [1.54, 1.807) is 13.8 Å². The molecule has 40 heavy (non-hydrogen) atoms. The van der Waals surface area contributed by atoms with Crippen LogP contribution < -0.4 is 15.0 Å². The van der Waals surface area contributed by atoms with Crippen molar-refractivity contribution in [2.24, 2.45) is 0 Å². The second-order valence-corrected chi connectivity index (χ2v) is 12.2. The van der Waals surface area contributed by atoms with Crippen LogP contribution in [0.5, 0.6) is 5.75 Å². The topological polar surface area (TPSA) is 77.1 Å². The van der Waals surface area contributed by atoms with Crippen LogP contribution in [0.15, 0.2) is 81.7 Å². The Labute approximate surface area is 252 Å². The van der Waals surface area contributed by atoms with Crippen molar-refractivity contribution in [2.45, 2.75) is 58.0 Å². The van der Waals surface area contributed by atoms with Crippen LogP contribution in [0.25, 0.3) is 0 Å². The van der Waals surface area contributed by atoms with Gasteiger partial charge in [0.1, 0.15) is 17.5 Å². The normalized spacial score (nSPS) is 18.3. The fourth-order valence-corrected chi connectivity index (χ4v) is 5.45. The van der Waals surface area contributed by atoms with Crippen LogP contribution in [0.2, 0.25) is 0 Å². The van der Waals surface area contributed by atoms with E-state index < -0.39 is 29.7 Å². The predicted molar refractivity (Wildman–Crippen MR) is 162 cm³/mol. The molecule has 1 aliphatic heterocycles. The third kappa shape index (κ3) is 6.21. The van der Waals surface area contributed by atoms with Gasteiger partial charge in [-0.05, 0) is 94.3 Å². The molecule has 2 atom stereocenters. The maximum atomic E-state index is 13.9. The molecule has 0 aromatic heterocycles. The van der Waals surface area contributed by atoms with Crippen LogP contribution in [0.1, 0.15) is 58.0 Å². The van der Waals surface area contributed by atoms with Crippen LogP contribution >= 0.6 is 31.9 Å². The summed E-state index contributed by atoms with van der Waals surface area (Å²) in [5, 5.41) is 3.39. The number of esters is 2.